The molecular formula is C16H37BrN2. The van der Waals surface area contributed by atoms with Crippen LogP contribution in [0.25, 0.3) is 0 Å². The maximum absolute atomic E-state index is 2.37. The predicted molar refractivity (Wildman–Crippen MR) is 83.0 cm³/mol. The van der Waals surface area contributed by atoms with Gasteiger partial charge in [-0.1, -0.05) is 45.4 Å². The van der Waals surface area contributed by atoms with Crippen LogP contribution >= 0.6 is 0 Å². The van der Waals surface area contributed by atoms with E-state index in [2.05, 4.69) is 40.0 Å². The Bertz CT molecular complexity index is 182. The summed E-state index contributed by atoms with van der Waals surface area (Å²) < 4.78 is 1.17. The van der Waals surface area contributed by atoms with Gasteiger partial charge in [-0.2, -0.15) is 0 Å². The van der Waals surface area contributed by atoms with Crippen LogP contribution in [0.5, 0.6) is 0 Å². The lowest BCUT2D eigenvalue weighted by atomic mass is 10.1. The molecule has 0 bridgehead atoms. The zero-order valence-corrected chi connectivity index (χ0v) is 15.6. The van der Waals surface area contributed by atoms with E-state index >= 15 is 0 Å². The van der Waals surface area contributed by atoms with E-state index in [1.807, 2.05) is 0 Å². The van der Waals surface area contributed by atoms with Crippen LogP contribution in [-0.4, -0.2) is 57.2 Å². The lowest BCUT2D eigenvalue weighted by molar-refractivity contribution is -0.890. The topological polar surface area (TPSA) is 3.24 Å². The first-order chi connectivity index (χ1) is 8.48. The number of unbranched alkanes of at least 4 members (excludes halogenated alkanes) is 7. The Labute approximate surface area is 132 Å². The average molecular weight is 337 g/mol. The second kappa shape index (κ2) is 13.4. The van der Waals surface area contributed by atoms with E-state index in [9.17, 15) is 0 Å². The summed E-state index contributed by atoms with van der Waals surface area (Å²) in [4.78, 5) is 2.29. The number of quaternary nitrogens is 1. The molecule has 0 rings (SSSR count). The van der Waals surface area contributed by atoms with Crippen LogP contribution in [0, 0.1) is 0 Å². The number of halogens is 1. The number of nitrogens with zero attached hydrogens (tertiary/aromatic N) is 2. The summed E-state index contributed by atoms with van der Waals surface area (Å²) in [6, 6.07) is 0. The lowest BCUT2D eigenvalue weighted by Gasteiger charge is -2.31. The monoisotopic (exact) mass is 336 g/mol. The molecule has 0 fully saturated rings. The molecule has 0 aliphatic heterocycles. The Balaban J connectivity index is 0. The molecule has 19 heavy (non-hydrogen) atoms. The molecule has 0 spiro atoms. The van der Waals surface area contributed by atoms with Crippen LogP contribution in [0.4, 0.5) is 0 Å². The molecule has 0 unspecified atom stereocenters. The second-order valence-electron chi connectivity index (χ2n) is 6.66. The van der Waals surface area contributed by atoms with Gasteiger partial charge in [0.25, 0.3) is 0 Å². The van der Waals surface area contributed by atoms with Gasteiger partial charge in [0.1, 0.15) is 0 Å². The molecule has 0 N–H and O–H groups in total. The Morgan fingerprint density at radius 3 is 1.68 bits per heavy atom. The van der Waals surface area contributed by atoms with Gasteiger partial charge in [0, 0.05) is 6.54 Å². The molecule has 0 aromatic heterocycles. The van der Waals surface area contributed by atoms with E-state index in [1.54, 1.807) is 0 Å². The van der Waals surface area contributed by atoms with Gasteiger partial charge in [-0.3, -0.25) is 0 Å². The highest BCUT2D eigenvalue weighted by Gasteiger charge is 2.13. The van der Waals surface area contributed by atoms with Crippen LogP contribution in [0.2, 0.25) is 0 Å². The molecule has 0 amide bonds. The maximum Gasteiger partial charge on any atom is 0.0911 e. The Kier molecular flexibility index (Phi) is 15.3. The third-order valence-corrected chi connectivity index (χ3v) is 3.77. The van der Waals surface area contributed by atoms with Crippen LogP contribution in [0.3, 0.4) is 0 Å². The second-order valence-corrected chi connectivity index (χ2v) is 6.66. The molecule has 3 heteroatoms. The average Bonchev–Trinajstić information content (AvgIpc) is 2.30. The van der Waals surface area contributed by atoms with E-state index in [1.165, 1.54) is 75.5 Å². The van der Waals surface area contributed by atoms with Crippen molar-refractivity contribution in [3.63, 3.8) is 0 Å². The molecule has 0 saturated heterocycles. The van der Waals surface area contributed by atoms with Gasteiger partial charge in [-0.15, -0.1) is 0 Å². The smallest absolute Gasteiger partial charge is 0.0911 e. The summed E-state index contributed by atoms with van der Waals surface area (Å²) in [5, 5.41) is 0. The molecule has 0 heterocycles. The molecule has 118 valence electrons. The molecule has 0 aliphatic carbocycles. The Morgan fingerprint density at radius 2 is 1.21 bits per heavy atom. The maximum atomic E-state index is 2.37. The van der Waals surface area contributed by atoms with Crippen molar-refractivity contribution in [1.82, 2.24) is 4.90 Å². The van der Waals surface area contributed by atoms with Crippen molar-refractivity contribution in [2.45, 2.75) is 58.3 Å². The van der Waals surface area contributed by atoms with Crippen LogP contribution in [0.15, 0.2) is 0 Å². The predicted octanol–water partition coefficient (Wildman–Crippen LogP) is 0.769. The van der Waals surface area contributed by atoms with E-state index in [-0.39, 0.29) is 17.0 Å². The molecule has 0 aliphatic rings. The summed E-state index contributed by atoms with van der Waals surface area (Å²) in [6.45, 7) is 6.09. The summed E-state index contributed by atoms with van der Waals surface area (Å²) in [5.41, 5.74) is 0. The third-order valence-electron chi connectivity index (χ3n) is 3.77. The van der Waals surface area contributed by atoms with E-state index < -0.39 is 0 Å². The van der Waals surface area contributed by atoms with Crippen molar-refractivity contribution < 1.29 is 21.5 Å². The molecule has 0 saturated carbocycles. The highest BCUT2D eigenvalue weighted by Crippen LogP contribution is 2.10. The SMILES string of the molecule is CCCCCCCCCC[N+](C)(C)CCN(C)C.[Br-]. The minimum absolute atomic E-state index is 0. The Morgan fingerprint density at radius 1 is 0.737 bits per heavy atom. The van der Waals surface area contributed by atoms with Gasteiger partial charge in [-0.25, -0.2) is 0 Å². The van der Waals surface area contributed by atoms with E-state index in [4.69, 9.17) is 0 Å². The zero-order valence-electron chi connectivity index (χ0n) is 14.1. The van der Waals surface area contributed by atoms with Gasteiger partial charge >= 0.3 is 0 Å². The lowest BCUT2D eigenvalue weighted by Crippen LogP contribution is -3.00. The third kappa shape index (κ3) is 16.3. The van der Waals surface area contributed by atoms with Crippen LogP contribution < -0.4 is 17.0 Å². The summed E-state index contributed by atoms with van der Waals surface area (Å²) >= 11 is 0. The van der Waals surface area contributed by atoms with E-state index in [0.717, 1.165) is 0 Å². The highest BCUT2D eigenvalue weighted by molar-refractivity contribution is 4.47. The van der Waals surface area contributed by atoms with Crippen molar-refractivity contribution in [1.29, 1.82) is 0 Å². The first-order valence-corrected chi connectivity index (χ1v) is 7.94. The zero-order chi connectivity index (χ0) is 13.9. The van der Waals surface area contributed by atoms with E-state index in [0.29, 0.717) is 0 Å². The number of rotatable bonds is 12. The fourth-order valence-electron chi connectivity index (χ4n) is 2.26. The van der Waals surface area contributed by atoms with Crippen molar-refractivity contribution in [3.8, 4) is 0 Å². The number of likely N-dealkylation sites (N-methyl/N-ethyl adjacent to an activating group) is 2. The van der Waals surface area contributed by atoms with Crippen LogP contribution in [0.1, 0.15) is 58.3 Å². The van der Waals surface area contributed by atoms with Gasteiger partial charge in [-0.05, 0) is 26.9 Å². The molecule has 0 radical (unpaired) electrons. The fourth-order valence-corrected chi connectivity index (χ4v) is 2.26. The minimum Gasteiger partial charge on any atom is -1.00 e. The molecule has 0 aromatic carbocycles. The van der Waals surface area contributed by atoms with Gasteiger partial charge < -0.3 is 26.4 Å². The Hall–Kier alpha value is 0.400. The standard InChI is InChI=1S/C16H37N2.BrH/c1-6-7-8-9-10-11-12-13-15-18(4,5)16-14-17(2)3;/h6-16H2,1-5H3;1H/q+1;/p-1. The largest absolute Gasteiger partial charge is 1.00 e. The first-order valence-electron chi connectivity index (χ1n) is 7.94. The molecule has 0 aromatic rings. The quantitative estimate of drug-likeness (QED) is 0.376. The summed E-state index contributed by atoms with van der Waals surface area (Å²) in [5.74, 6) is 0. The van der Waals surface area contributed by atoms with Crippen molar-refractivity contribution in [2.75, 3.05) is 47.8 Å². The normalized spacial score (nSPS) is 11.7. The van der Waals surface area contributed by atoms with Crippen molar-refractivity contribution >= 4 is 0 Å². The fraction of sp³-hybridized carbons (Fsp3) is 1.00. The van der Waals surface area contributed by atoms with Crippen molar-refractivity contribution in [3.05, 3.63) is 0 Å². The number of hydrogen-bond donors (Lipinski definition) is 0. The molecule has 0 atom stereocenters. The highest BCUT2D eigenvalue weighted by atomic mass is 79.9. The van der Waals surface area contributed by atoms with Crippen molar-refractivity contribution in [2.24, 2.45) is 0 Å². The van der Waals surface area contributed by atoms with Gasteiger partial charge in [0.15, 0.2) is 0 Å². The minimum atomic E-state index is 0. The summed E-state index contributed by atoms with van der Waals surface area (Å²) in [6.07, 6.45) is 11.4. The first kappa shape index (κ1) is 21.7. The molecule has 2 nitrogen and oxygen atoms in total. The van der Waals surface area contributed by atoms with Gasteiger partial charge in [0.05, 0.1) is 27.2 Å². The molecular weight excluding hydrogens is 300 g/mol. The van der Waals surface area contributed by atoms with Crippen LogP contribution in [-0.2, 0) is 0 Å². The van der Waals surface area contributed by atoms with Gasteiger partial charge in [0.2, 0.25) is 0 Å². The summed E-state index contributed by atoms with van der Waals surface area (Å²) in [7, 11) is 9.06. The number of hydrogen-bond acceptors (Lipinski definition) is 1.